The Morgan fingerprint density at radius 3 is 2.44 bits per heavy atom. The van der Waals surface area contributed by atoms with Crippen LogP contribution in [0.4, 0.5) is 8.78 Å². The predicted molar refractivity (Wildman–Crippen MR) is 57.4 cm³/mol. The fraction of sp³-hybridized carbons (Fsp3) is 0.900. The van der Waals surface area contributed by atoms with Crippen LogP contribution in [0.2, 0.25) is 0 Å². The molecule has 0 saturated carbocycles. The lowest BCUT2D eigenvalue weighted by atomic mass is 10.0. The third-order valence-electron chi connectivity index (χ3n) is 2.17. The molecule has 0 fully saturated rings. The van der Waals surface area contributed by atoms with Gasteiger partial charge >= 0.3 is 0 Å². The Labute approximate surface area is 94.6 Å². The molecule has 0 unspecified atom stereocenters. The summed E-state index contributed by atoms with van der Waals surface area (Å²) in [4.78, 5) is 12.9. The summed E-state index contributed by atoms with van der Waals surface area (Å²) in [5, 5.41) is 11.7. The molecule has 0 bridgehead atoms. The molecule has 0 aromatic heterocycles. The third kappa shape index (κ3) is 4.85. The van der Waals surface area contributed by atoms with Crippen molar-refractivity contribution in [1.82, 2.24) is 10.2 Å². The molecule has 0 aliphatic carbocycles. The highest BCUT2D eigenvalue weighted by Crippen LogP contribution is 2.09. The van der Waals surface area contributed by atoms with Gasteiger partial charge < -0.3 is 15.3 Å². The van der Waals surface area contributed by atoms with Gasteiger partial charge in [-0.05, 0) is 20.4 Å². The van der Waals surface area contributed by atoms with Crippen LogP contribution in [0.3, 0.4) is 0 Å². The number of nitrogens with one attached hydrogen (secondary N) is 1. The summed E-state index contributed by atoms with van der Waals surface area (Å²) in [7, 11) is 0. The maximum absolute atomic E-state index is 12.2. The number of nitrogens with zero attached hydrogens (tertiary/aromatic N) is 1. The van der Waals surface area contributed by atoms with Crippen molar-refractivity contribution in [3.63, 3.8) is 0 Å². The zero-order chi connectivity index (χ0) is 12.8. The van der Waals surface area contributed by atoms with E-state index in [0.717, 1.165) is 4.90 Å². The molecule has 0 radical (unpaired) electrons. The lowest BCUT2D eigenvalue weighted by Gasteiger charge is -2.32. The second kappa shape index (κ2) is 6.75. The van der Waals surface area contributed by atoms with Gasteiger partial charge in [-0.1, -0.05) is 6.92 Å². The first-order valence-corrected chi connectivity index (χ1v) is 5.28. The van der Waals surface area contributed by atoms with E-state index >= 15 is 0 Å². The van der Waals surface area contributed by atoms with Gasteiger partial charge in [-0.15, -0.1) is 0 Å². The molecule has 0 saturated heterocycles. The van der Waals surface area contributed by atoms with E-state index in [0.29, 0.717) is 6.54 Å². The van der Waals surface area contributed by atoms with Gasteiger partial charge in [-0.3, -0.25) is 4.79 Å². The van der Waals surface area contributed by atoms with E-state index in [2.05, 4.69) is 5.32 Å². The Hall–Kier alpha value is -0.750. The summed E-state index contributed by atoms with van der Waals surface area (Å²) in [6.45, 7) is 4.63. The Morgan fingerprint density at radius 2 is 2.06 bits per heavy atom. The van der Waals surface area contributed by atoms with Gasteiger partial charge in [-0.2, -0.15) is 0 Å². The molecular formula is C10H20F2N2O2. The van der Waals surface area contributed by atoms with Crippen LogP contribution in [-0.2, 0) is 4.79 Å². The smallest absolute Gasteiger partial charge is 0.255 e. The van der Waals surface area contributed by atoms with Crippen LogP contribution >= 0.6 is 0 Å². The van der Waals surface area contributed by atoms with Crippen LogP contribution in [0.5, 0.6) is 0 Å². The largest absolute Gasteiger partial charge is 0.395 e. The monoisotopic (exact) mass is 238 g/mol. The molecule has 1 amide bonds. The highest BCUT2D eigenvalue weighted by atomic mass is 19.3. The van der Waals surface area contributed by atoms with Gasteiger partial charge in [0.05, 0.1) is 18.7 Å². The zero-order valence-electron chi connectivity index (χ0n) is 9.96. The molecule has 4 nitrogen and oxygen atoms in total. The fourth-order valence-electron chi connectivity index (χ4n) is 1.48. The van der Waals surface area contributed by atoms with Crippen LogP contribution in [0.15, 0.2) is 0 Å². The van der Waals surface area contributed by atoms with Crippen molar-refractivity contribution in [3.8, 4) is 0 Å². The van der Waals surface area contributed by atoms with Gasteiger partial charge in [0.1, 0.15) is 0 Å². The van der Waals surface area contributed by atoms with Crippen LogP contribution in [0.1, 0.15) is 20.8 Å². The highest BCUT2D eigenvalue weighted by Gasteiger charge is 2.31. The lowest BCUT2D eigenvalue weighted by Crippen LogP contribution is -2.55. The second-order valence-electron chi connectivity index (χ2n) is 4.02. The fourth-order valence-corrected chi connectivity index (χ4v) is 1.48. The first-order chi connectivity index (χ1) is 7.35. The summed E-state index contributed by atoms with van der Waals surface area (Å²) in [6, 6.07) is 0. The molecule has 0 aromatic carbocycles. The molecule has 0 aliphatic rings. The summed E-state index contributed by atoms with van der Waals surface area (Å²) >= 11 is 0. The highest BCUT2D eigenvalue weighted by molar-refractivity contribution is 5.85. The number of halogens is 2. The van der Waals surface area contributed by atoms with E-state index in [4.69, 9.17) is 5.11 Å². The molecule has 2 N–H and O–H groups in total. The van der Waals surface area contributed by atoms with Gasteiger partial charge in [-0.25, -0.2) is 8.78 Å². The van der Waals surface area contributed by atoms with E-state index in [1.54, 1.807) is 13.8 Å². The minimum Gasteiger partial charge on any atom is -0.395 e. The van der Waals surface area contributed by atoms with E-state index in [9.17, 15) is 13.6 Å². The minimum absolute atomic E-state index is 0.0714. The Bertz CT molecular complexity index is 223. The zero-order valence-corrected chi connectivity index (χ0v) is 9.96. The first-order valence-electron chi connectivity index (χ1n) is 5.28. The first kappa shape index (κ1) is 15.2. The van der Waals surface area contributed by atoms with Crippen molar-refractivity contribution in [1.29, 1.82) is 0 Å². The van der Waals surface area contributed by atoms with Crippen LogP contribution in [0.25, 0.3) is 0 Å². The van der Waals surface area contributed by atoms with Crippen LogP contribution in [-0.4, -0.2) is 54.1 Å². The van der Waals surface area contributed by atoms with E-state index in [-0.39, 0.29) is 13.2 Å². The standard InChI is InChI=1S/C10H20F2N2O2/c1-4-13-10(2,3)9(16)14(5-6-15)7-8(11)12/h8,13,15H,4-7H2,1-3H3. The van der Waals surface area contributed by atoms with Crippen molar-refractivity contribution in [2.24, 2.45) is 0 Å². The number of hydrogen-bond acceptors (Lipinski definition) is 3. The minimum atomic E-state index is -2.59. The van der Waals surface area contributed by atoms with Crippen LogP contribution < -0.4 is 5.32 Å². The topological polar surface area (TPSA) is 52.6 Å². The second-order valence-corrected chi connectivity index (χ2v) is 4.02. The summed E-state index contributed by atoms with van der Waals surface area (Å²) in [5.74, 6) is -0.427. The molecular weight excluding hydrogens is 218 g/mol. The van der Waals surface area contributed by atoms with Gasteiger partial charge in [0.25, 0.3) is 6.43 Å². The molecule has 0 rings (SSSR count). The quantitative estimate of drug-likeness (QED) is 0.677. The average molecular weight is 238 g/mol. The Kier molecular flexibility index (Phi) is 6.43. The van der Waals surface area contributed by atoms with Crippen molar-refractivity contribution in [3.05, 3.63) is 0 Å². The van der Waals surface area contributed by atoms with E-state index in [1.165, 1.54) is 0 Å². The van der Waals surface area contributed by atoms with E-state index < -0.39 is 24.4 Å². The van der Waals surface area contributed by atoms with Gasteiger partial charge in [0, 0.05) is 6.54 Å². The number of rotatable bonds is 7. The molecule has 96 valence electrons. The summed E-state index contributed by atoms with van der Waals surface area (Å²) < 4.78 is 24.5. The maximum Gasteiger partial charge on any atom is 0.255 e. The molecule has 0 aromatic rings. The number of carbonyl (C=O) groups is 1. The van der Waals surface area contributed by atoms with Crippen molar-refractivity contribution < 1.29 is 18.7 Å². The normalized spacial score (nSPS) is 11.9. The number of aliphatic hydroxyl groups is 1. The van der Waals surface area contributed by atoms with Crippen LogP contribution in [0, 0.1) is 0 Å². The van der Waals surface area contributed by atoms with Gasteiger partial charge in [0.2, 0.25) is 5.91 Å². The molecule has 16 heavy (non-hydrogen) atoms. The summed E-state index contributed by atoms with van der Waals surface area (Å²) in [5.41, 5.74) is -0.890. The molecule has 0 spiro atoms. The molecule has 0 atom stereocenters. The van der Waals surface area contributed by atoms with Crippen molar-refractivity contribution in [2.45, 2.75) is 32.7 Å². The average Bonchev–Trinajstić information content (AvgIpc) is 2.15. The Balaban J connectivity index is 4.58. The molecule has 0 aliphatic heterocycles. The van der Waals surface area contributed by atoms with Gasteiger partial charge in [0.15, 0.2) is 0 Å². The number of carbonyl (C=O) groups excluding carboxylic acids is 1. The summed E-state index contributed by atoms with van der Waals surface area (Å²) in [6.07, 6.45) is -2.59. The number of amides is 1. The number of likely N-dealkylation sites (N-methyl/N-ethyl adjacent to an activating group) is 1. The van der Waals surface area contributed by atoms with E-state index in [1.807, 2.05) is 6.92 Å². The number of hydrogen-bond donors (Lipinski definition) is 2. The third-order valence-corrected chi connectivity index (χ3v) is 2.17. The number of aliphatic hydroxyl groups excluding tert-OH is 1. The molecule has 6 heteroatoms. The van der Waals surface area contributed by atoms with Crippen molar-refractivity contribution >= 4 is 5.91 Å². The number of alkyl halides is 2. The lowest BCUT2D eigenvalue weighted by molar-refractivity contribution is -0.139. The Morgan fingerprint density at radius 1 is 1.50 bits per heavy atom. The maximum atomic E-state index is 12.2. The SMILES string of the molecule is CCNC(C)(C)C(=O)N(CCO)CC(F)F. The predicted octanol–water partition coefficient (Wildman–Crippen LogP) is 0.460. The molecule has 0 heterocycles. The van der Waals surface area contributed by atoms with Crippen molar-refractivity contribution in [2.75, 3.05) is 26.2 Å².